The number of nitro groups is 1. The van der Waals surface area contributed by atoms with Gasteiger partial charge in [-0.05, 0) is 24.7 Å². The molecule has 1 aromatic heterocycles. The number of hydrogen-bond acceptors (Lipinski definition) is 5. The number of nitrogens with one attached hydrogen (secondary N) is 1. The van der Waals surface area contributed by atoms with Crippen LogP contribution >= 0.6 is 11.6 Å². The van der Waals surface area contributed by atoms with Crippen molar-refractivity contribution in [3.63, 3.8) is 0 Å². The van der Waals surface area contributed by atoms with E-state index >= 15 is 0 Å². The lowest BCUT2D eigenvalue weighted by atomic mass is 9.97. The third-order valence-corrected chi connectivity index (χ3v) is 3.91. The van der Waals surface area contributed by atoms with Crippen molar-refractivity contribution in [1.82, 2.24) is 4.98 Å². The number of rotatable bonds is 5. The van der Waals surface area contributed by atoms with Crippen LogP contribution in [0.15, 0.2) is 12.3 Å². The Balaban J connectivity index is 1.98. The molecule has 0 saturated heterocycles. The molecule has 104 valence electrons. The molecule has 0 aromatic carbocycles. The summed E-state index contributed by atoms with van der Waals surface area (Å²) >= 11 is 5.95. The van der Waals surface area contributed by atoms with E-state index in [0.717, 1.165) is 19.3 Å². The number of anilines is 1. The normalized spacial score (nSPS) is 22.4. The molecule has 1 fully saturated rings. The molecule has 1 aliphatic carbocycles. The van der Waals surface area contributed by atoms with E-state index in [1.165, 1.54) is 12.3 Å². The number of aliphatic hydroxyl groups excluding tert-OH is 1. The summed E-state index contributed by atoms with van der Waals surface area (Å²) in [4.78, 5) is 14.0. The van der Waals surface area contributed by atoms with Crippen LogP contribution < -0.4 is 5.32 Å². The lowest BCUT2D eigenvalue weighted by Gasteiger charge is -2.18. The van der Waals surface area contributed by atoms with Gasteiger partial charge in [-0.15, -0.1) is 0 Å². The fourth-order valence-corrected chi connectivity index (χ4v) is 2.74. The van der Waals surface area contributed by atoms with Crippen LogP contribution in [0.5, 0.6) is 0 Å². The van der Waals surface area contributed by atoms with Crippen LogP contribution in [0.2, 0.25) is 5.02 Å². The van der Waals surface area contributed by atoms with Gasteiger partial charge in [0.1, 0.15) is 12.0 Å². The fourth-order valence-electron chi connectivity index (χ4n) is 2.51. The second-order valence-corrected chi connectivity index (χ2v) is 5.20. The summed E-state index contributed by atoms with van der Waals surface area (Å²) in [5.41, 5.74) is -0.121. The van der Waals surface area contributed by atoms with E-state index in [1.54, 1.807) is 0 Å². The van der Waals surface area contributed by atoms with Crippen LogP contribution in [0.3, 0.4) is 0 Å². The Labute approximate surface area is 116 Å². The van der Waals surface area contributed by atoms with Crippen LogP contribution in [0.4, 0.5) is 11.5 Å². The van der Waals surface area contributed by atoms with Crippen molar-refractivity contribution in [3.05, 3.63) is 27.4 Å². The molecular formula is C12H16ClN3O3. The Bertz CT molecular complexity index is 470. The highest BCUT2D eigenvalue weighted by Gasteiger charge is 2.26. The van der Waals surface area contributed by atoms with E-state index in [1.807, 2.05) is 0 Å². The minimum absolute atomic E-state index is 0.121. The molecule has 1 aliphatic rings. The van der Waals surface area contributed by atoms with Crippen LogP contribution in [-0.4, -0.2) is 28.2 Å². The van der Waals surface area contributed by atoms with E-state index in [2.05, 4.69) is 10.3 Å². The largest absolute Gasteiger partial charge is 0.396 e. The van der Waals surface area contributed by atoms with Crippen molar-refractivity contribution in [1.29, 1.82) is 0 Å². The number of pyridine rings is 1. The summed E-state index contributed by atoms with van der Waals surface area (Å²) in [6.07, 6.45) is 4.43. The maximum absolute atomic E-state index is 10.6. The zero-order valence-corrected chi connectivity index (χ0v) is 11.1. The molecular weight excluding hydrogens is 270 g/mol. The van der Waals surface area contributed by atoms with E-state index in [4.69, 9.17) is 11.6 Å². The van der Waals surface area contributed by atoms with Crippen molar-refractivity contribution in [2.45, 2.75) is 19.3 Å². The number of hydrogen-bond donors (Lipinski definition) is 2. The molecule has 0 spiro atoms. The average Bonchev–Trinajstić information content (AvgIpc) is 2.84. The standard InChI is InChI=1S/C12H16ClN3O3/c13-11-4-10(16(18)19)6-15-12(11)14-5-8-2-1-3-9(8)7-17/h4,6,8-9,17H,1-3,5,7H2,(H,14,15). The zero-order valence-electron chi connectivity index (χ0n) is 10.4. The minimum atomic E-state index is -0.526. The number of aromatic nitrogens is 1. The van der Waals surface area contributed by atoms with Gasteiger partial charge in [0.2, 0.25) is 0 Å². The molecule has 0 aliphatic heterocycles. The van der Waals surface area contributed by atoms with E-state index in [9.17, 15) is 15.2 Å². The third kappa shape index (κ3) is 3.33. The van der Waals surface area contributed by atoms with Gasteiger partial charge < -0.3 is 10.4 Å². The molecule has 0 bridgehead atoms. The quantitative estimate of drug-likeness (QED) is 0.641. The van der Waals surface area contributed by atoms with Gasteiger partial charge in [0.05, 0.1) is 9.95 Å². The van der Waals surface area contributed by atoms with Gasteiger partial charge in [0.25, 0.3) is 5.69 Å². The molecule has 6 nitrogen and oxygen atoms in total. The third-order valence-electron chi connectivity index (χ3n) is 3.62. The van der Waals surface area contributed by atoms with Crippen molar-refractivity contribution >= 4 is 23.1 Å². The van der Waals surface area contributed by atoms with Crippen LogP contribution in [0, 0.1) is 22.0 Å². The lowest BCUT2D eigenvalue weighted by Crippen LogP contribution is -2.21. The maximum atomic E-state index is 10.6. The molecule has 2 unspecified atom stereocenters. The van der Waals surface area contributed by atoms with Gasteiger partial charge in [-0.3, -0.25) is 10.1 Å². The predicted octanol–water partition coefficient (Wildman–Crippen LogP) is 2.46. The highest BCUT2D eigenvalue weighted by atomic mass is 35.5. The highest BCUT2D eigenvalue weighted by molar-refractivity contribution is 6.33. The monoisotopic (exact) mass is 285 g/mol. The first kappa shape index (κ1) is 14.0. The zero-order chi connectivity index (χ0) is 13.8. The summed E-state index contributed by atoms with van der Waals surface area (Å²) in [5, 5.41) is 23.2. The number of nitrogens with zero attached hydrogens (tertiary/aromatic N) is 2. The molecule has 1 heterocycles. The topological polar surface area (TPSA) is 88.3 Å². The highest BCUT2D eigenvalue weighted by Crippen LogP contribution is 2.32. The first-order valence-electron chi connectivity index (χ1n) is 6.26. The summed E-state index contributed by atoms with van der Waals surface area (Å²) in [6, 6.07) is 1.29. The summed E-state index contributed by atoms with van der Waals surface area (Å²) in [6.45, 7) is 0.878. The van der Waals surface area contributed by atoms with Gasteiger partial charge in [0.15, 0.2) is 0 Å². The van der Waals surface area contributed by atoms with Crippen LogP contribution in [0.1, 0.15) is 19.3 Å². The molecule has 19 heavy (non-hydrogen) atoms. The predicted molar refractivity (Wildman–Crippen MR) is 72.3 cm³/mol. The number of aliphatic hydroxyl groups is 1. The Morgan fingerprint density at radius 2 is 2.26 bits per heavy atom. The molecule has 2 rings (SSSR count). The Morgan fingerprint density at radius 3 is 2.89 bits per heavy atom. The van der Waals surface area contributed by atoms with Gasteiger partial charge >= 0.3 is 0 Å². The van der Waals surface area contributed by atoms with Crippen molar-refractivity contribution in [3.8, 4) is 0 Å². The molecule has 1 saturated carbocycles. The SMILES string of the molecule is O=[N+]([O-])c1cnc(NCC2CCCC2CO)c(Cl)c1. The summed E-state index contributed by atoms with van der Waals surface area (Å²) in [7, 11) is 0. The average molecular weight is 286 g/mol. The van der Waals surface area contributed by atoms with Gasteiger partial charge in [-0.1, -0.05) is 18.0 Å². The van der Waals surface area contributed by atoms with Crippen molar-refractivity contribution in [2.24, 2.45) is 11.8 Å². The van der Waals surface area contributed by atoms with Gasteiger partial charge in [-0.2, -0.15) is 0 Å². The second-order valence-electron chi connectivity index (χ2n) is 4.80. The lowest BCUT2D eigenvalue weighted by molar-refractivity contribution is -0.385. The van der Waals surface area contributed by atoms with Crippen molar-refractivity contribution < 1.29 is 10.0 Å². The van der Waals surface area contributed by atoms with E-state index in [0.29, 0.717) is 24.2 Å². The van der Waals surface area contributed by atoms with E-state index < -0.39 is 4.92 Å². The first-order valence-corrected chi connectivity index (χ1v) is 6.64. The fraction of sp³-hybridized carbons (Fsp3) is 0.583. The molecule has 2 atom stereocenters. The van der Waals surface area contributed by atoms with E-state index in [-0.39, 0.29) is 17.3 Å². The molecule has 7 heteroatoms. The molecule has 0 radical (unpaired) electrons. The Morgan fingerprint density at radius 1 is 1.53 bits per heavy atom. The summed E-state index contributed by atoms with van der Waals surface area (Å²) in [5.74, 6) is 1.18. The maximum Gasteiger partial charge on any atom is 0.289 e. The summed E-state index contributed by atoms with van der Waals surface area (Å²) < 4.78 is 0. The number of halogens is 1. The molecule has 0 amide bonds. The smallest absolute Gasteiger partial charge is 0.289 e. The van der Waals surface area contributed by atoms with Crippen molar-refractivity contribution in [2.75, 3.05) is 18.5 Å². The minimum Gasteiger partial charge on any atom is -0.396 e. The Kier molecular flexibility index (Phi) is 4.55. The first-order chi connectivity index (χ1) is 9.11. The van der Waals surface area contributed by atoms with Crippen LogP contribution in [-0.2, 0) is 0 Å². The molecule has 2 N–H and O–H groups in total. The van der Waals surface area contributed by atoms with Gasteiger partial charge in [-0.25, -0.2) is 4.98 Å². The van der Waals surface area contributed by atoms with Crippen LogP contribution in [0.25, 0.3) is 0 Å². The van der Waals surface area contributed by atoms with Gasteiger partial charge in [0, 0.05) is 19.2 Å². The molecule has 1 aromatic rings. The second kappa shape index (κ2) is 6.16. The Hall–Kier alpha value is -1.40.